The summed E-state index contributed by atoms with van der Waals surface area (Å²) in [5.74, 6) is -0.968. The summed E-state index contributed by atoms with van der Waals surface area (Å²) in [6.07, 6.45) is 0.571. The van der Waals surface area contributed by atoms with Crippen LogP contribution < -0.4 is 10.1 Å². The van der Waals surface area contributed by atoms with E-state index in [-0.39, 0.29) is 24.8 Å². The second-order valence-electron chi connectivity index (χ2n) is 5.57. The molecule has 0 saturated carbocycles. The zero-order chi connectivity index (χ0) is 16.7. The lowest BCUT2D eigenvalue weighted by Crippen LogP contribution is -2.34. The highest BCUT2D eigenvalue weighted by atomic mass is 35.5. The lowest BCUT2D eigenvalue weighted by atomic mass is 9.97. The molecule has 6 heteroatoms. The number of carbonyl (C=O) groups excluding carboxylic acids is 1. The van der Waals surface area contributed by atoms with E-state index in [1.165, 1.54) is 7.11 Å². The third kappa shape index (κ3) is 5.56. The maximum atomic E-state index is 12.0. The van der Waals surface area contributed by atoms with E-state index in [4.69, 9.17) is 21.4 Å². The zero-order valence-corrected chi connectivity index (χ0v) is 13.8. The molecular formula is C16H22ClNO4. The Morgan fingerprint density at radius 3 is 2.59 bits per heavy atom. The predicted octanol–water partition coefficient (Wildman–Crippen LogP) is 2.75. The first-order valence-electron chi connectivity index (χ1n) is 7.16. The molecule has 0 radical (unpaired) electrons. The molecule has 122 valence electrons. The molecule has 0 spiro atoms. The van der Waals surface area contributed by atoms with Crippen LogP contribution in [0.3, 0.4) is 0 Å². The molecule has 0 aliphatic carbocycles. The number of rotatable bonds is 8. The van der Waals surface area contributed by atoms with Crippen molar-refractivity contribution in [2.24, 2.45) is 11.8 Å². The number of amides is 1. The minimum absolute atomic E-state index is 0.0524. The highest BCUT2D eigenvalue weighted by Gasteiger charge is 2.20. The number of hydrogen-bond acceptors (Lipinski definition) is 3. The van der Waals surface area contributed by atoms with Crippen molar-refractivity contribution in [3.05, 3.63) is 28.8 Å². The van der Waals surface area contributed by atoms with Gasteiger partial charge in [-0.3, -0.25) is 9.59 Å². The normalized spacial score (nSPS) is 12.0. The molecule has 0 aromatic heterocycles. The molecule has 0 fully saturated rings. The molecule has 1 amide bonds. The Morgan fingerprint density at radius 1 is 1.36 bits per heavy atom. The summed E-state index contributed by atoms with van der Waals surface area (Å²) >= 11 is 6.08. The monoisotopic (exact) mass is 327 g/mol. The number of halogens is 1. The highest BCUT2D eigenvalue weighted by Crippen LogP contribution is 2.26. The molecule has 0 aliphatic rings. The van der Waals surface area contributed by atoms with Gasteiger partial charge in [0.2, 0.25) is 5.91 Å². The summed E-state index contributed by atoms with van der Waals surface area (Å²) in [7, 11) is 1.51. The average Bonchev–Trinajstić information content (AvgIpc) is 2.44. The second kappa shape index (κ2) is 8.63. The Kier molecular flexibility index (Phi) is 7.18. The van der Waals surface area contributed by atoms with E-state index in [1.807, 2.05) is 13.8 Å². The molecule has 1 aromatic carbocycles. The number of hydrogen-bond donors (Lipinski definition) is 2. The van der Waals surface area contributed by atoms with Crippen LogP contribution in [0.4, 0.5) is 0 Å². The summed E-state index contributed by atoms with van der Waals surface area (Å²) < 4.78 is 5.18. The molecule has 5 nitrogen and oxygen atoms in total. The SMILES string of the molecule is COc1cccc(Cl)c1CC(=O)NCC(CC(C)C)C(=O)O. The fourth-order valence-electron chi connectivity index (χ4n) is 2.20. The number of carboxylic acid groups (broad SMARTS) is 1. The van der Waals surface area contributed by atoms with Crippen LogP contribution in [0.2, 0.25) is 5.02 Å². The number of methoxy groups -OCH3 is 1. The smallest absolute Gasteiger partial charge is 0.308 e. The maximum Gasteiger partial charge on any atom is 0.308 e. The van der Waals surface area contributed by atoms with Gasteiger partial charge in [0, 0.05) is 17.1 Å². The highest BCUT2D eigenvalue weighted by molar-refractivity contribution is 6.31. The molecule has 1 atom stereocenters. The number of ether oxygens (including phenoxy) is 1. The third-order valence-corrected chi connectivity index (χ3v) is 3.64. The fraction of sp³-hybridized carbons (Fsp3) is 0.500. The molecule has 0 saturated heterocycles. The van der Waals surface area contributed by atoms with E-state index >= 15 is 0 Å². The number of benzene rings is 1. The van der Waals surface area contributed by atoms with Crippen molar-refractivity contribution < 1.29 is 19.4 Å². The average molecular weight is 328 g/mol. The van der Waals surface area contributed by atoms with Crippen LogP contribution in [0, 0.1) is 11.8 Å². The molecular weight excluding hydrogens is 306 g/mol. The van der Waals surface area contributed by atoms with Gasteiger partial charge in [-0.05, 0) is 24.5 Å². The largest absolute Gasteiger partial charge is 0.496 e. The molecule has 1 rings (SSSR count). The summed E-state index contributed by atoms with van der Waals surface area (Å²) in [6.45, 7) is 4.01. The molecule has 22 heavy (non-hydrogen) atoms. The van der Waals surface area contributed by atoms with Gasteiger partial charge < -0.3 is 15.2 Å². The van der Waals surface area contributed by atoms with Gasteiger partial charge in [0.1, 0.15) is 5.75 Å². The van der Waals surface area contributed by atoms with Gasteiger partial charge in [0.25, 0.3) is 0 Å². The van der Waals surface area contributed by atoms with Crippen molar-refractivity contribution in [3.63, 3.8) is 0 Å². The van der Waals surface area contributed by atoms with E-state index < -0.39 is 11.9 Å². The van der Waals surface area contributed by atoms with Gasteiger partial charge in [-0.2, -0.15) is 0 Å². The second-order valence-corrected chi connectivity index (χ2v) is 5.97. The molecule has 1 unspecified atom stereocenters. The van der Waals surface area contributed by atoms with Crippen LogP contribution in [0.5, 0.6) is 5.75 Å². The number of carboxylic acids is 1. The van der Waals surface area contributed by atoms with Gasteiger partial charge in [-0.1, -0.05) is 31.5 Å². The summed E-state index contributed by atoms with van der Waals surface area (Å²) in [5, 5.41) is 12.3. The van der Waals surface area contributed by atoms with Gasteiger partial charge in [-0.15, -0.1) is 0 Å². The topological polar surface area (TPSA) is 75.6 Å². The first-order chi connectivity index (χ1) is 10.3. The van der Waals surface area contributed by atoms with Crippen molar-refractivity contribution >= 4 is 23.5 Å². The fourth-order valence-corrected chi connectivity index (χ4v) is 2.43. The van der Waals surface area contributed by atoms with Gasteiger partial charge in [-0.25, -0.2) is 0 Å². The van der Waals surface area contributed by atoms with Crippen molar-refractivity contribution in [1.82, 2.24) is 5.32 Å². The number of aliphatic carboxylic acids is 1. The van der Waals surface area contributed by atoms with Crippen LogP contribution in [-0.2, 0) is 16.0 Å². The number of carbonyl (C=O) groups is 2. The summed E-state index contributed by atoms with van der Waals surface area (Å²) in [5.41, 5.74) is 0.597. The van der Waals surface area contributed by atoms with Crippen molar-refractivity contribution in [3.8, 4) is 5.75 Å². The van der Waals surface area contributed by atoms with Gasteiger partial charge in [0.15, 0.2) is 0 Å². The van der Waals surface area contributed by atoms with Crippen LogP contribution in [0.1, 0.15) is 25.8 Å². The first-order valence-corrected chi connectivity index (χ1v) is 7.53. The molecule has 0 aliphatic heterocycles. The molecule has 2 N–H and O–H groups in total. The van der Waals surface area contributed by atoms with E-state index in [0.717, 1.165) is 0 Å². The predicted molar refractivity (Wildman–Crippen MR) is 85.3 cm³/mol. The Bertz CT molecular complexity index is 531. The van der Waals surface area contributed by atoms with Crippen LogP contribution in [-0.4, -0.2) is 30.6 Å². The van der Waals surface area contributed by atoms with E-state index in [9.17, 15) is 9.59 Å². The number of nitrogens with one attached hydrogen (secondary N) is 1. The Labute approximate surface area is 135 Å². The van der Waals surface area contributed by atoms with Gasteiger partial charge in [0.05, 0.1) is 19.4 Å². The first kappa shape index (κ1) is 18.3. The van der Waals surface area contributed by atoms with E-state index in [0.29, 0.717) is 22.8 Å². The Morgan fingerprint density at radius 2 is 2.05 bits per heavy atom. The summed E-state index contributed by atoms with van der Waals surface area (Å²) in [4.78, 5) is 23.2. The van der Waals surface area contributed by atoms with Crippen molar-refractivity contribution in [2.45, 2.75) is 26.7 Å². The lowest BCUT2D eigenvalue weighted by molar-refractivity contribution is -0.142. The van der Waals surface area contributed by atoms with Crippen LogP contribution >= 0.6 is 11.6 Å². The van der Waals surface area contributed by atoms with E-state index in [1.54, 1.807) is 18.2 Å². The standard InChI is InChI=1S/C16H22ClNO4/c1-10(2)7-11(16(20)21)9-18-15(19)8-12-13(17)5-4-6-14(12)22-3/h4-6,10-11H,7-9H2,1-3H3,(H,18,19)(H,20,21). The quantitative estimate of drug-likeness (QED) is 0.769. The Hall–Kier alpha value is -1.75. The van der Waals surface area contributed by atoms with Crippen LogP contribution in [0.25, 0.3) is 0 Å². The molecule has 0 bridgehead atoms. The minimum atomic E-state index is -0.899. The third-order valence-electron chi connectivity index (χ3n) is 3.28. The lowest BCUT2D eigenvalue weighted by Gasteiger charge is -2.16. The minimum Gasteiger partial charge on any atom is -0.496 e. The maximum absolute atomic E-state index is 12.0. The van der Waals surface area contributed by atoms with Crippen molar-refractivity contribution in [1.29, 1.82) is 0 Å². The molecule has 1 aromatic rings. The Balaban J connectivity index is 2.65. The molecule has 0 heterocycles. The zero-order valence-electron chi connectivity index (χ0n) is 13.1. The van der Waals surface area contributed by atoms with E-state index in [2.05, 4.69) is 5.32 Å². The van der Waals surface area contributed by atoms with Crippen LogP contribution in [0.15, 0.2) is 18.2 Å². The van der Waals surface area contributed by atoms with Gasteiger partial charge >= 0.3 is 5.97 Å². The van der Waals surface area contributed by atoms with Crippen molar-refractivity contribution in [2.75, 3.05) is 13.7 Å². The summed E-state index contributed by atoms with van der Waals surface area (Å²) in [6, 6.07) is 5.16.